The molecule has 0 spiro atoms. The third-order valence-electron chi connectivity index (χ3n) is 3.94. The Bertz CT molecular complexity index is 494. The summed E-state index contributed by atoms with van der Waals surface area (Å²) in [4.78, 5) is 12.4. The summed E-state index contributed by atoms with van der Waals surface area (Å²) >= 11 is 0. The molecule has 4 nitrogen and oxygen atoms in total. The van der Waals surface area contributed by atoms with Crippen molar-refractivity contribution < 1.29 is 9.53 Å². The van der Waals surface area contributed by atoms with Crippen molar-refractivity contribution in [3.63, 3.8) is 0 Å². The fraction of sp³-hybridized carbons (Fsp3) is 0.588. The van der Waals surface area contributed by atoms with Crippen LogP contribution in [0.4, 0.5) is 5.69 Å². The van der Waals surface area contributed by atoms with Crippen LogP contribution in [-0.2, 0) is 4.79 Å². The van der Waals surface area contributed by atoms with Crippen molar-refractivity contribution in [3.05, 3.63) is 23.8 Å². The van der Waals surface area contributed by atoms with E-state index in [0.717, 1.165) is 49.1 Å². The van der Waals surface area contributed by atoms with Crippen molar-refractivity contribution in [2.24, 2.45) is 11.7 Å². The van der Waals surface area contributed by atoms with Gasteiger partial charge in [0.25, 0.3) is 0 Å². The number of amides is 1. The molecule has 1 aliphatic carbocycles. The minimum atomic E-state index is 0. The zero-order valence-electron chi connectivity index (χ0n) is 13.4. The van der Waals surface area contributed by atoms with Crippen molar-refractivity contribution >= 4 is 24.0 Å². The van der Waals surface area contributed by atoms with Gasteiger partial charge in [0, 0.05) is 12.0 Å². The molecule has 22 heavy (non-hydrogen) atoms. The second-order valence-electron chi connectivity index (χ2n) is 5.96. The Morgan fingerprint density at radius 1 is 1.41 bits per heavy atom. The van der Waals surface area contributed by atoms with Crippen LogP contribution in [0.1, 0.15) is 44.6 Å². The van der Waals surface area contributed by atoms with Crippen molar-refractivity contribution in [1.29, 1.82) is 0 Å². The molecule has 1 saturated carbocycles. The molecule has 0 radical (unpaired) electrons. The number of hydrogen-bond acceptors (Lipinski definition) is 3. The minimum Gasteiger partial charge on any atom is -0.491 e. The Morgan fingerprint density at radius 3 is 2.86 bits per heavy atom. The molecule has 0 bridgehead atoms. The quantitative estimate of drug-likeness (QED) is 0.867. The smallest absolute Gasteiger partial charge is 0.227 e. The molecule has 0 aliphatic heterocycles. The van der Waals surface area contributed by atoms with Crippen LogP contribution < -0.4 is 15.8 Å². The lowest BCUT2D eigenvalue weighted by molar-refractivity contribution is -0.120. The molecule has 0 heterocycles. The van der Waals surface area contributed by atoms with Gasteiger partial charge < -0.3 is 15.8 Å². The van der Waals surface area contributed by atoms with E-state index in [9.17, 15) is 4.79 Å². The Morgan fingerprint density at radius 2 is 2.18 bits per heavy atom. The largest absolute Gasteiger partial charge is 0.491 e. The predicted molar refractivity (Wildman–Crippen MR) is 92.8 cm³/mol. The van der Waals surface area contributed by atoms with Crippen molar-refractivity contribution in [3.8, 4) is 5.75 Å². The van der Waals surface area contributed by atoms with Crippen LogP contribution >= 0.6 is 12.4 Å². The fourth-order valence-electron chi connectivity index (χ4n) is 2.76. The van der Waals surface area contributed by atoms with E-state index in [4.69, 9.17) is 10.5 Å². The summed E-state index contributed by atoms with van der Waals surface area (Å²) in [6.07, 6.45) is 4.71. The molecule has 1 amide bonds. The van der Waals surface area contributed by atoms with Gasteiger partial charge in [0.05, 0.1) is 12.3 Å². The van der Waals surface area contributed by atoms with Crippen LogP contribution in [-0.4, -0.2) is 18.6 Å². The molecule has 2 atom stereocenters. The van der Waals surface area contributed by atoms with Crippen LogP contribution in [0.15, 0.2) is 18.2 Å². The van der Waals surface area contributed by atoms with Gasteiger partial charge in [0.15, 0.2) is 0 Å². The van der Waals surface area contributed by atoms with Gasteiger partial charge >= 0.3 is 0 Å². The Balaban J connectivity index is 0.00000242. The number of benzene rings is 1. The molecular formula is C17H27ClN2O2. The van der Waals surface area contributed by atoms with E-state index in [0.29, 0.717) is 6.61 Å². The van der Waals surface area contributed by atoms with Crippen LogP contribution in [0.2, 0.25) is 0 Å². The topological polar surface area (TPSA) is 64.3 Å². The summed E-state index contributed by atoms with van der Waals surface area (Å²) in [7, 11) is 0. The van der Waals surface area contributed by atoms with Crippen molar-refractivity contribution in [2.45, 2.75) is 52.0 Å². The summed E-state index contributed by atoms with van der Waals surface area (Å²) in [6.45, 7) is 4.74. The molecule has 3 N–H and O–H groups in total. The number of halogens is 1. The molecule has 0 saturated heterocycles. The zero-order valence-corrected chi connectivity index (χ0v) is 14.2. The molecule has 5 heteroatoms. The third kappa shape index (κ3) is 5.18. The van der Waals surface area contributed by atoms with E-state index in [1.165, 1.54) is 0 Å². The van der Waals surface area contributed by atoms with Crippen molar-refractivity contribution in [1.82, 2.24) is 0 Å². The molecule has 1 aromatic carbocycles. The standard InChI is InChI=1S/C17H26N2O2.ClH/c1-3-9-21-16-10-12(2)7-8-15(16)19-17(20)13-5-4-6-14(18)11-13;/h7-8,10,13-14H,3-6,9,11,18H2,1-2H3,(H,19,20);1H. The van der Waals surface area contributed by atoms with Gasteiger partial charge in [-0.25, -0.2) is 0 Å². The Kier molecular flexibility index (Phi) is 7.69. The number of carbonyl (C=O) groups is 1. The highest BCUT2D eigenvalue weighted by Crippen LogP contribution is 2.29. The van der Waals surface area contributed by atoms with Gasteiger partial charge in [-0.05, 0) is 50.3 Å². The first-order chi connectivity index (χ1) is 10.1. The maximum Gasteiger partial charge on any atom is 0.227 e. The Hall–Kier alpha value is -1.26. The molecule has 1 aliphatic rings. The molecule has 1 aromatic rings. The summed E-state index contributed by atoms with van der Waals surface area (Å²) in [5.74, 6) is 0.842. The monoisotopic (exact) mass is 326 g/mol. The second kappa shape index (κ2) is 9.01. The number of hydrogen-bond donors (Lipinski definition) is 2. The van der Waals surface area contributed by atoms with Crippen LogP contribution in [0.3, 0.4) is 0 Å². The molecule has 2 rings (SSSR count). The maximum atomic E-state index is 12.4. The SMILES string of the molecule is CCCOc1cc(C)ccc1NC(=O)C1CCCC(N)C1.Cl. The van der Waals surface area contributed by atoms with Crippen LogP contribution in [0, 0.1) is 12.8 Å². The number of rotatable bonds is 5. The highest BCUT2D eigenvalue weighted by Gasteiger charge is 2.25. The second-order valence-corrected chi connectivity index (χ2v) is 5.96. The molecule has 0 aromatic heterocycles. The Labute approximate surface area is 139 Å². The first kappa shape index (κ1) is 18.8. The van der Waals surface area contributed by atoms with E-state index in [2.05, 4.69) is 12.2 Å². The number of anilines is 1. The van der Waals surface area contributed by atoms with Crippen molar-refractivity contribution in [2.75, 3.05) is 11.9 Å². The minimum absolute atomic E-state index is 0. The first-order valence-electron chi connectivity index (χ1n) is 7.90. The molecule has 124 valence electrons. The lowest BCUT2D eigenvalue weighted by Gasteiger charge is -2.26. The summed E-state index contributed by atoms with van der Waals surface area (Å²) < 4.78 is 5.74. The average molecular weight is 327 g/mol. The highest BCUT2D eigenvalue weighted by atomic mass is 35.5. The number of carbonyl (C=O) groups excluding carboxylic acids is 1. The molecule has 2 unspecified atom stereocenters. The van der Waals surface area contributed by atoms with E-state index >= 15 is 0 Å². The predicted octanol–water partition coefficient (Wildman–Crippen LogP) is 3.66. The van der Waals surface area contributed by atoms with E-state index in [1.807, 2.05) is 25.1 Å². The fourth-order valence-corrected chi connectivity index (χ4v) is 2.76. The van der Waals surface area contributed by atoms with Gasteiger partial charge in [-0.15, -0.1) is 12.4 Å². The highest BCUT2D eigenvalue weighted by molar-refractivity contribution is 5.94. The number of nitrogens with two attached hydrogens (primary N) is 1. The van der Waals surface area contributed by atoms with E-state index in [1.54, 1.807) is 0 Å². The van der Waals surface area contributed by atoms with E-state index in [-0.39, 0.29) is 30.3 Å². The van der Waals surface area contributed by atoms with Gasteiger partial charge in [-0.3, -0.25) is 4.79 Å². The average Bonchev–Trinajstić information content (AvgIpc) is 2.47. The maximum absolute atomic E-state index is 12.4. The lowest BCUT2D eigenvalue weighted by Crippen LogP contribution is -2.34. The van der Waals surface area contributed by atoms with Gasteiger partial charge in [-0.1, -0.05) is 19.4 Å². The van der Waals surface area contributed by atoms with Gasteiger partial charge in [-0.2, -0.15) is 0 Å². The molecular weight excluding hydrogens is 300 g/mol. The van der Waals surface area contributed by atoms with Crippen LogP contribution in [0.5, 0.6) is 5.75 Å². The summed E-state index contributed by atoms with van der Waals surface area (Å²) in [5, 5.41) is 3.02. The molecule has 1 fully saturated rings. The number of nitrogens with one attached hydrogen (secondary N) is 1. The van der Waals surface area contributed by atoms with Gasteiger partial charge in [0.1, 0.15) is 5.75 Å². The van der Waals surface area contributed by atoms with Gasteiger partial charge in [0.2, 0.25) is 5.91 Å². The number of aryl methyl sites for hydroxylation is 1. The third-order valence-corrected chi connectivity index (χ3v) is 3.94. The zero-order chi connectivity index (χ0) is 15.2. The van der Waals surface area contributed by atoms with E-state index < -0.39 is 0 Å². The summed E-state index contributed by atoms with van der Waals surface area (Å²) in [6, 6.07) is 6.03. The first-order valence-corrected chi connectivity index (χ1v) is 7.90. The lowest BCUT2D eigenvalue weighted by atomic mass is 9.85. The normalized spacial score (nSPS) is 20.9. The van der Waals surface area contributed by atoms with Crippen LogP contribution in [0.25, 0.3) is 0 Å². The number of ether oxygens (including phenoxy) is 1. The summed E-state index contributed by atoms with van der Waals surface area (Å²) in [5.41, 5.74) is 7.85.